The van der Waals surface area contributed by atoms with Gasteiger partial charge in [0.2, 0.25) is 0 Å². The van der Waals surface area contributed by atoms with E-state index in [1.165, 1.54) is 24.8 Å². The summed E-state index contributed by atoms with van der Waals surface area (Å²) >= 11 is 5.86. The number of hydrogen-bond donors (Lipinski definition) is 1. The fourth-order valence-corrected chi connectivity index (χ4v) is 2.28. The van der Waals surface area contributed by atoms with Crippen molar-refractivity contribution in [3.05, 3.63) is 34.9 Å². The molecule has 1 aliphatic rings. The van der Waals surface area contributed by atoms with Gasteiger partial charge in [0.15, 0.2) is 0 Å². The van der Waals surface area contributed by atoms with Gasteiger partial charge >= 0.3 is 0 Å². The SMILES string of the molecule is NCC(c1ccc(Cl)cc1)C1CCC1. The molecule has 2 heteroatoms. The van der Waals surface area contributed by atoms with Crippen LogP contribution < -0.4 is 5.73 Å². The highest BCUT2D eigenvalue weighted by molar-refractivity contribution is 6.30. The highest BCUT2D eigenvalue weighted by Crippen LogP contribution is 2.38. The van der Waals surface area contributed by atoms with E-state index >= 15 is 0 Å². The average Bonchev–Trinajstić information content (AvgIpc) is 2.13. The molecule has 1 aromatic carbocycles. The molecule has 1 saturated carbocycles. The van der Waals surface area contributed by atoms with E-state index in [0.717, 1.165) is 17.5 Å². The molecule has 14 heavy (non-hydrogen) atoms. The van der Waals surface area contributed by atoms with Crippen molar-refractivity contribution in [1.82, 2.24) is 0 Å². The van der Waals surface area contributed by atoms with Gasteiger partial charge < -0.3 is 5.73 Å². The second-order valence-electron chi connectivity index (χ2n) is 4.08. The molecule has 1 aliphatic carbocycles. The third-order valence-electron chi connectivity index (χ3n) is 3.27. The fraction of sp³-hybridized carbons (Fsp3) is 0.500. The van der Waals surface area contributed by atoms with E-state index in [9.17, 15) is 0 Å². The number of benzene rings is 1. The molecule has 1 unspecified atom stereocenters. The van der Waals surface area contributed by atoms with Crippen molar-refractivity contribution in [3.8, 4) is 0 Å². The maximum atomic E-state index is 5.86. The summed E-state index contributed by atoms with van der Waals surface area (Å²) in [7, 11) is 0. The van der Waals surface area contributed by atoms with E-state index in [0.29, 0.717) is 5.92 Å². The van der Waals surface area contributed by atoms with Crippen molar-refractivity contribution in [1.29, 1.82) is 0 Å². The number of nitrogens with two attached hydrogens (primary N) is 1. The van der Waals surface area contributed by atoms with Crippen molar-refractivity contribution in [2.24, 2.45) is 11.7 Å². The molecule has 1 aromatic rings. The van der Waals surface area contributed by atoms with Crippen molar-refractivity contribution in [2.45, 2.75) is 25.2 Å². The second-order valence-corrected chi connectivity index (χ2v) is 4.52. The van der Waals surface area contributed by atoms with Crippen LogP contribution in [0.2, 0.25) is 5.02 Å². The maximum absolute atomic E-state index is 5.86. The van der Waals surface area contributed by atoms with Crippen LogP contribution in [0.5, 0.6) is 0 Å². The van der Waals surface area contributed by atoms with Crippen LogP contribution in [-0.2, 0) is 0 Å². The average molecular weight is 210 g/mol. The monoisotopic (exact) mass is 209 g/mol. The molecule has 0 amide bonds. The predicted octanol–water partition coefficient (Wildman–Crippen LogP) is 3.18. The van der Waals surface area contributed by atoms with Crippen LogP contribution in [0.1, 0.15) is 30.7 Å². The molecule has 1 fully saturated rings. The molecule has 1 nitrogen and oxygen atoms in total. The van der Waals surface area contributed by atoms with Crippen molar-refractivity contribution in [2.75, 3.05) is 6.54 Å². The first-order chi connectivity index (χ1) is 6.81. The van der Waals surface area contributed by atoms with Gasteiger partial charge in [-0.25, -0.2) is 0 Å². The van der Waals surface area contributed by atoms with E-state index in [4.69, 9.17) is 17.3 Å². The summed E-state index contributed by atoms with van der Waals surface area (Å²) in [6.07, 6.45) is 4.05. The highest BCUT2D eigenvalue weighted by atomic mass is 35.5. The Morgan fingerprint density at radius 3 is 2.36 bits per heavy atom. The van der Waals surface area contributed by atoms with Gasteiger partial charge in [-0.3, -0.25) is 0 Å². The summed E-state index contributed by atoms with van der Waals surface area (Å²) in [4.78, 5) is 0. The zero-order valence-electron chi connectivity index (χ0n) is 8.25. The van der Waals surface area contributed by atoms with Gasteiger partial charge in [0, 0.05) is 5.02 Å². The summed E-state index contributed by atoms with van der Waals surface area (Å²) in [6.45, 7) is 0.756. The minimum atomic E-state index is 0.543. The summed E-state index contributed by atoms with van der Waals surface area (Å²) < 4.78 is 0. The summed E-state index contributed by atoms with van der Waals surface area (Å²) in [5.74, 6) is 1.35. The third-order valence-corrected chi connectivity index (χ3v) is 3.52. The molecule has 2 N–H and O–H groups in total. The lowest BCUT2D eigenvalue weighted by atomic mass is 9.73. The number of rotatable bonds is 3. The summed E-state index contributed by atoms with van der Waals surface area (Å²) in [5, 5.41) is 0.804. The molecular formula is C12H16ClN. The van der Waals surface area contributed by atoms with Gasteiger partial charge in [-0.2, -0.15) is 0 Å². The van der Waals surface area contributed by atoms with E-state index < -0.39 is 0 Å². The number of halogens is 1. The van der Waals surface area contributed by atoms with E-state index in [1.54, 1.807) is 0 Å². The second kappa shape index (κ2) is 4.33. The van der Waals surface area contributed by atoms with Crippen LogP contribution >= 0.6 is 11.6 Å². The molecule has 0 heterocycles. The van der Waals surface area contributed by atoms with Gasteiger partial charge in [-0.05, 0) is 48.9 Å². The fourth-order valence-electron chi connectivity index (χ4n) is 2.15. The van der Waals surface area contributed by atoms with Gasteiger partial charge in [-0.15, -0.1) is 0 Å². The largest absolute Gasteiger partial charge is 0.330 e. The third kappa shape index (κ3) is 1.94. The Hall–Kier alpha value is -0.530. The van der Waals surface area contributed by atoms with Gasteiger partial charge in [0.1, 0.15) is 0 Å². The molecular weight excluding hydrogens is 194 g/mol. The first kappa shape index (κ1) is 10.0. The molecule has 0 bridgehead atoms. The molecule has 0 spiro atoms. The van der Waals surface area contributed by atoms with Crippen molar-refractivity contribution >= 4 is 11.6 Å². The van der Waals surface area contributed by atoms with Gasteiger partial charge in [0.05, 0.1) is 0 Å². The summed E-state index contributed by atoms with van der Waals surface area (Å²) in [5.41, 5.74) is 7.17. The van der Waals surface area contributed by atoms with E-state index in [1.807, 2.05) is 12.1 Å². The van der Waals surface area contributed by atoms with Crippen LogP contribution in [0.4, 0.5) is 0 Å². The van der Waals surface area contributed by atoms with Crippen LogP contribution in [-0.4, -0.2) is 6.54 Å². The molecule has 76 valence electrons. The van der Waals surface area contributed by atoms with Gasteiger partial charge in [-0.1, -0.05) is 30.2 Å². The highest BCUT2D eigenvalue weighted by Gasteiger charge is 2.27. The van der Waals surface area contributed by atoms with Crippen molar-refractivity contribution in [3.63, 3.8) is 0 Å². The normalized spacial score (nSPS) is 19.0. The van der Waals surface area contributed by atoms with Crippen LogP contribution in [0, 0.1) is 5.92 Å². The Kier molecular flexibility index (Phi) is 3.09. The Morgan fingerprint density at radius 2 is 1.93 bits per heavy atom. The quantitative estimate of drug-likeness (QED) is 0.813. The van der Waals surface area contributed by atoms with Crippen LogP contribution in [0.25, 0.3) is 0 Å². The van der Waals surface area contributed by atoms with Gasteiger partial charge in [0.25, 0.3) is 0 Å². The molecule has 1 atom stereocenters. The van der Waals surface area contributed by atoms with E-state index in [-0.39, 0.29) is 0 Å². The smallest absolute Gasteiger partial charge is 0.0406 e. The lowest BCUT2D eigenvalue weighted by molar-refractivity contribution is 0.264. The molecule has 0 aromatic heterocycles. The zero-order chi connectivity index (χ0) is 9.97. The molecule has 0 saturated heterocycles. The predicted molar refractivity (Wildman–Crippen MR) is 60.6 cm³/mol. The zero-order valence-corrected chi connectivity index (χ0v) is 9.00. The Labute approximate surface area is 90.3 Å². The minimum absolute atomic E-state index is 0.543. The molecule has 0 aliphatic heterocycles. The maximum Gasteiger partial charge on any atom is 0.0406 e. The standard InChI is InChI=1S/C12H16ClN/c13-11-6-4-10(5-7-11)12(8-14)9-2-1-3-9/h4-7,9,12H,1-3,8,14H2. The lowest BCUT2D eigenvalue weighted by Crippen LogP contribution is -2.26. The minimum Gasteiger partial charge on any atom is -0.330 e. The van der Waals surface area contributed by atoms with Crippen LogP contribution in [0.15, 0.2) is 24.3 Å². The van der Waals surface area contributed by atoms with E-state index in [2.05, 4.69) is 12.1 Å². The molecule has 0 radical (unpaired) electrons. The Bertz CT molecular complexity index is 290. The summed E-state index contributed by atoms with van der Waals surface area (Å²) in [6, 6.07) is 8.13. The Morgan fingerprint density at radius 1 is 1.29 bits per heavy atom. The topological polar surface area (TPSA) is 26.0 Å². The molecule has 2 rings (SSSR count). The van der Waals surface area contributed by atoms with Crippen molar-refractivity contribution < 1.29 is 0 Å². The first-order valence-corrected chi connectivity index (χ1v) is 5.64. The lowest BCUT2D eigenvalue weighted by Gasteiger charge is -2.33. The van der Waals surface area contributed by atoms with Crippen LogP contribution in [0.3, 0.4) is 0 Å². The first-order valence-electron chi connectivity index (χ1n) is 5.27. The number of hydrogen-bond acceptors (Lipinski definition) is 1. The Balaban J connectivity index is 2.14.